The number of nitrogens with one attached hydrogen (secondary N) is 1. The average Bonchev–Trinajstić information content (AvgIpc) is 2.35. The van der Waals surface area contributed by atoms with E-state index in [4.69, 9.17) is 10.5 Å². The van der Waals surface area contributed by atoms with Crippen molar-refractivity contribution < 1.29 is 14.3 Å². The molecule has 0 spiro atoms. The van der Waals surface area contributed by atoms with Gasteiger partial charge >= 0.3 is 0 Å². The van der Waals surface area contributed by atoms with Gasteiger partial charge in [-0.2, -0.15) is 0 Å². The molecule has 1 aliphatic carbocycles. The van der Waals surface area contributed by atoms with Gasteiger partial charge < -0.3 is 15.8 Å². The Morgan fingerprint density at radius 1 is 1.37 bits per heavy atom. The van der Waals surface area contributed by atoms with Crippen LogP contribution in [0.15, 0.2) is 0 Å². The van der Waals surface area contributed by atoms with Crippen LogP contribution in [-0.4, -0.2) is 31.1 Å². The minimum absolute atomic E-state index is 0.0896. The number of amides is 2. The molecule has 0 radical (unpaired) electrons. The molecule has 0 aromatic rings. The van der Waals surface area contributed by atoms with Crippen LogP contribution in [0.2, 0.25) is 0 Å². The Morgan fingerprint density at radius 3 is 2.68 bits per heavy atom. The SMILES string of the molecule is C[C@H](CC(N)=O)C(=O)NCCO[C@H]1CCCC[C@H]1C. The first kappa shape index (κ1) is 16.0. The molecule has 110 valence electrons. The van der Waals surface area contributed by atoms with E-state index in [1.54, 1.807) is 6.92 Å². The predicted octanol–water partition coefficient (Wildman–Crippen LogP) is 1.21. The molecule has 0 bridgehead atoms. The van der Waals surface area contributed by atoms with Gasteiger partial charge in [0.25, 0.3) is 0 Å². The van der Waals surface area contributed by atoms with Crippen LogP contribution in [0.4, 0.5) is 0 Å². The van der Waals surface area contributed by atoms with Crippen molar-refractivity contribution in [2.24, 2.45) is 17.6 Å². The zero-order valence-electron chi connectivity index (χ0n) is 12.0. The highest BCUT2D eigenvalue weighted by Gasteiger charge is 2.21. The number of nitrogens with two attached hydrogens (primary N) is 1. The highest BCUT2D eigenvalue weighted by atomic mass is 16.5. The van der Waals surface area contributed by atoms with Gasteiger partial charge in [0, 0.05) is 18.9 Å². The fourth-order valence-corrected chi connectivity index (χ4v) is 2.48. The molecule has 1 aliphatic rings. The number of primary amides is 1. The summed E-state index contributed by atoms with van der Waals surface area (Å²) in [6.07, 6.45) is 5.29. The Hall–Kier alpha value is -1.10. The van der Waals surface area contributed by atoms with Crippen molar-refractivity contribution in [1.82, 2.24) is 5.32 Å². The molecule has 0 aromatic heterocycles. The zero-order chi connectivity index (χ0) is 14.3. The van der Waals surface area contributed by atoms with E-state index in [1.165, 1.54) is 19.3 Å². The molecule has 0 heterocycles. The van der Waals surface area contributed by atoms with E-state index in [1.807, 2.05) is 0 Å². The number of hydrogen-bond acceptors (Lipinski definition) is 3. The van der Waals surface area contributed by atoms with Crippen molar-refractivity contribution in [1.29, 1.82) is 0 Å². The summed E-state index contributed by atoms with van der Waals surface area (Å²) in [7, 11) is 0. The Labute approximate surface area is 115 Å². The van der Waals surface area contributed by atoms with Crippen molar-refractivity contribution in [2.45, 2.75) is 52.1 Å². The molecule has 0 aromatic carbocycles. The summed E-state index contributed by atoms with van der Waals surface area (Å²) >= 11 is 0. The molecule has 0 aliphatic heterocycles. The van der Waals surface area contributed by atoms with Crippen LogP contribution in [0.3, 0.4) is 0 Å². The molecular weight excluding hydrogens is 244 g/mol. The molecule has 5 nitrogen and oxygen atoms in total. The summed E-state index contributed by atoms with van der Waals surface area (Å²) in [6, 6.07) is 0. The van der Waals surface area contributed by atoms with Gasteiger partial charge in [0.2, 0.25) is 11.8 Å². The highest BCUT2D eigenvalue weighted by Crippen LogP contribution is 2.25. The maximum atomic E-state index is 11.6. The van der Waals surface area contributed by atoms with Gasteiger partial charge in [0.15, 0.2) is 0 Å². The van der Waals surface area contributed by atoms with Gasteiger partial charge in [-0.1, -0.05) is 26.7 Å². The number of ether oxygens (including phenoxy) is 1. The second-order valence-electron chi connectivity index (χ2n) is 5.53. The largest absolute Gasteiger partial charge is 0.376 e. The molecule has 19 heavy (non-hydrogen) atoms. The molecule has 3 N–H and O–H groups in total. The molecule has 3 atom stereocenters. The smallest absolute Gasteiger partial charge is 0.223 e. The van der Waals surface area contributed by atoms with Crippen molar-refractivity contribution in [3.63, 3.8) is 0 Å². The molecule has 5 heteroatoms. The third-order valence-corrected chi connectivity index (χ3v) is 3.72. The summed E-state index contributed by atoms with van der Waals surface area (Å²) in [6.45, 7) is 4.94. The Morgan fingerprint density at radius 2 is 2.05 bits per heavy atom. The Kier molecular flexibility index (Phi) is 6.84. The minimum Gasteiger partial charge on any atom is -0.376 e. The number of carbonyl (C=O) groups excluding carboxylic acids is 2. The van der Waals surface area contributed by atoms with E-state index < -0.39 is 5.91 Å². The van der Waals surface area contributed by atoms with Gasteiger partial charge in [0.05, 0.1) is 12.7 Å². The van der Waals surface area contributed by atoms with E-state index in [0.29, 0.717) is 25.2 Å². The average molecular weight is 270 g/mol. The van der Waals surface area contributed by atoms with Crippen molar-refractivity contribution in [3.8, 4) is 0 Å². The lowest BCUT2D eigenvalue weighted by Gasteiger charge is -2.28. The molecular formula is C14H26N2O3. The van der Waals surface area contributed by atoms with Crippen LogP contribution in [0.5, 0.6) is 0 Å². The second kappa shape index (κ2) is 8.15. The van der Waals surface area contributed by atoms with Crippen molar-refractivity contribution >= 4 is 11.8 Å². The third kappa shape index (κ3) is 6.05. The first-order chi connectivity index (χ1) is 9.00. The lowest BCUT2D eigenvalue weighted by Crippen LogP contribution is -2.35. The monoisotopic (exact) mass is 270 g/mol. The fraction of sp³-hybridized carbons (Fsp3) is 0.857. The lowest BCUT2D eigenvalue weighted by molar-refractivity contribution is -0.128. The Bertz CT molecular complexity index is 307. The normalized spacial score (nSPS) is 24.7. The van der Waals surface area contributed by atoms with Gasteiger partial charge in [-0.05, 0) is 18.8 Å². The number of rotatable bonds is 7. The first-order valence-electron chi connectivity index (χ1n) is 7.18. The quantitative estimate of drug-likeness (QED) is 0.682. The summed E-state index contributed by atoms with van der Waals surface area (Å²) in [5, 5.41) is 2.77. The molecule has 1 saturated carbocycles. The Balaban J connectivity index is 2.12. The minimum atomic E-state index is -0.449. The second-order valence-corrected chi connectivity index (χ2v) is 5.53. The summed E-state index contributed by atoms with van der Waals surface area (Å²) in [4.78, 5) is 22.3. The van der Waals surface area contributed by atoms with Crippen LogP contribution >= 0.6 is 0 Å². The molecule has 2 amide bonds. The topological polar surface area (TPSA) is 81.4 Å². The van der Waals surface area contributed by atoms with E-state index in [2.05, 4.69) is 12.2 Å². The van der Waals surface area contributed by atoms with Gasteiger partial charge in [-0.25, -0.2) is 0 Å². The highest BCUT2D eigenvalue weighted by molar-refractivity contribution is 5.84. The van der Waals surface area contributed by atoms with E-state index in [-0.39, 0.29) is 18.2 Å². The predicted molar refractivity (Wildman–Crippen MR) is 73.4 cm³/mol. The van der Waals surface area contributed by atoms with Crippen LogP contribution < -0.4 is 11.1 Å². The van der Waals surface area contributed by atoms with Crippen molar-refractivity contribution in [2.75, 3.05) is 13.2 Å². The standard InChI is InChI=1S/C14H26N2O3/c1-10-5-3-4-6-12(10)19-8-7-16-14(18)11(2)9-13(15)17/h10-12H,3-9H2,1-2H3,(H2,15,17)(H,16,18)/t10-,11-,12+/m1/s1. The fourth-order valence-electron chi connectivity index (χ4n) is 2.48. The van der Waals surface area contributed by atoms with Gasteiger partial charge in [-0.15, -0.1) is 0 Å². The number of hydrogen-bond donors (Lipinski definition) is 2. The zero-order valence-corrected chi connectivity index (χ0v) is 12.0. The molecule has 0 saturated heterocycles. The summed E-state index contributed by atoms with van der Waals surface area (Å²) < 4.78 is 5.80. The van der Waals surface area contributed by atoms with Gasteiger partial charge in [0.1, 0.15) is 0 Å². The van der Waals surface area contributed by atoms with Crippen LogP contribution in [0, 0.1) is 11.8 Å². The van der Waals surface area contributed by atoms with Crippen LogP contribution in [-0.2, 0) is 14.3 Å². The summed E-state index contributed by atoms with van der Waals surface area (Å²) in [5.74, 6) is -0.349. The van der Waals surface area contributed by atoms with E-state index >= 15 is 0 Å². The lowest BCUT2D eigenvalue weighted by atomic mass is 9.88. The maximum absolute atomic E-state index is 11.6. The van der Waals surface area contributed by atoms with E-state index in [0.717, 1.165) is 6.42 Å². The molecule has 1 rings (SSSR count). The van der Waals surface area contributed by atoms with Crippen LogP contribution in [0.1, 0.15) is 46.0 Å². The molecule has 1 fully saturated rings. The first-order valence-corrected chi connectivity index (χ1v) is 7.18. The number of carbonyl (C=O) groups is 2. The molecule has 0 unspecified atom stereocenters. The maximum Gasteiger partial charge on any atom is 0.223 e. The van der Waals surface area contributed by atoms with Gasteiger partial charge in [-0.3, -0.25) is 9.59 Å². The summed E-state index contributed by atoms with van der Waals surface area (Å²) in [5.41, 5.74) is 5.06. The third-order valence-electron chi connectivity index (χ3n) is 3.72. The van der Waals surface area contributed by atoms with E-state index in [9.17, 15) is 9.59 Å². The van der Waals surface area contributed by atoms with Crippen LogP contribution in [0.25, 0.3) is 0 Å². The van der Waals surface area contributed by atoms with Crippen molar-refractivity contribution in [3.05, 3.63) is 0 Å².